The summed E-state index contributed by atoms with van der Waals surface area (Å²) in [6.07, 6.45) is 4.06. The lowest BCUT2D eigenvalue weighted by molar-refractivity contribution is 0.413. The number of guanidine groups is 1. The predicted molar refractivity (Wildman–Crippen MR) is 122 cm³/mol. The van der Waals surface area contributed by atoms with E-state index in [9.17, 15) is 8.60 Å². The van der Waals surface area contributed by atoms with Gasteiger partial charge in [0.05, 0.1) is 6.54 Å². The zero-order valence-corrected chi connectivity index (χ0v) is 20.0. The number of halogens is 3. The van der Waals surface area contributed by atoms with Gasteiger partial charge < -0.3 is 10.6 Å². The first kappa shape index (κ1) is 23.8. The maximum absolute atomic E-state index is 13.9. The molecule has 1 saturated carbocycles. The fourth-order valence-corrected chi connectivity index (χ4v) is 4.85. The molecular weight excluding hydrogens is 532 g/mol. The van der Waals surface area contributed by atoms with Crippen molar-refractivity contribution in [2.75, 3.05) is 12.3 Å². The van der Waals surface area contributed by atoms with Crippen LogP contribution in [0.3, 0.4) is 0 Å². The Kier molecular flexibility index (Phi) is 11.2. The van der Waals surface area contributed by atoms with Gasteiger partial charge in [0.1, 0.15) is 5.82 Å². The van der Waals surface area contributed by atoms with Crippen molar-refractivity contribution in [3.8, 4) is 0 Å². The summed E-state index contributed by atoms with van der Waals surface area (Å²) in [5.41, 5.74) is 0.556. The molecule has 4 nitrogen and oxygen atoms in total. The Balaban J connectivity index is 0.00000338. The third-order valence-electron chi connectivity index (χ3n) is 4.38. The van der Waals surface area contributed by atoms with Crippen molar-refractivity contribution in [1.82, 2.24) is 10.6 Å². The third kappa shape index (κ3) is 7.42. The largest absolute Gasteiger partial charge is 0.357 e. The standard InChI is InChI=1S/C18H27BrFN3OS.HI/c1-3-21-18(22-12-13-10-14(19)8-9-17(13)20)23-15-6-5-7-16(11-15)25(24)4-2;/h8-10,15-16H,3-7,11-12H2,1-2H3,(H2,21,22,23);1H. The Bertz CT molecular complexity index is 632. The highest BCUT2D eigenvalue weighted by Gasteiger charge is 2.26. The molecule has 0 aromatic heterocycles. The van der Waals surface area contributed by atoms with Crippen LogP contribution in [0.1, 0.15) is 45.1 Å². The second kappa shape index (κ2) is 12.3. The van der Waals surface area contributed by atoms with E-state index in [0.29, 0.717) is 17.3 Å². The fourth-order valence-electron chi connectivity index (χ4n) is 3.09. The van der Waals surface area contributed by atoms with Gasteiger partial charge in [0.15, 0.2) is 5.96 Å². The van der Waals surface area contributed by atoms with Gasteiger partial charge in [-0.05, 0) is 44.4 Å². The number of aliphatic imine (C=N–C) groups is 1. The number of benzene rings is 1. The van der Waals surface area contributed by atoms with E-state index in [4.69, 9.17) is 0 Å². The molecule has 0 spiro atoms. The second-order valence-corrected chi connectivity index (χ2v) is 9.15. The first-order valence-electron chi connectivity index (χ1n) is 8.89. The maximum atomic E-state index is 13.9. The van der Waals surface area contributed by atoms with E-state index in [0.717, 1.165) is 36.7 Å². The van der Waals surface area contributed by atoms with Gasteiger partial charge in [0.25, 0.3) is 0 Å². The number of nitrogens with one attached hydrogen (secondary N) is 2. The van der Waals surface area contributed by atoms with Crippen molar-refractivity contribution < 1.29 is 8.60 Å². The van der Waals surface area contributed by atoms with Gasteiger partial charge in [0, 0.05) is 44.4 Å². The number of hydrogen-bond acceptors (Lipinski definition) is 2. The first-order valence-corrected chi connectivity index (χ1v) is 11.1. The minimum Gasteiger partial charge on any atom is -0.357 e. The van der Waals surface area contributed by atoms with Gasteiger partial charge in [-0.25, -0.2) is 9.38 Å². The van der Waals surface area contributed by atoms with Crippen molar-refractivity contribution in [2.45, 2.75) is 57.4 Å². The lowest BCUT2D eigenvalue weighted by Crippen LogP contribution is -2.46. The molecule has 3 atom stereocenters. The predicted octanol–water partition coefficient (Wildman–Crippen LogP) is 4.34. The Hall–Kier alpha value is -0.220. The van der Waals surface area contributed by atoms with E-state index in [1.807, 2.05) is 13.8 Å². The summed E-state index contributed by atoms with van der Waals surface area (Å²) >= 11 is 3.37. The minimum atomic E-state index is -0.747. The molecule has 0 radical (unpaired) electrons. The molecule has 2 N–H and O–H groups in total. The van der Waals surface area contributed by atoms with Gasteiger partial charge in [-0.15, -0.1) is 24.0 Å². The molecular formula is C18H28BrFIN3OS. The second-order valence-electron chi connectivity index (χ2n) is 6.23. The lowest BCUT2D eigenvalue weighted by Gasteiger charge is -2.30. The van der Waals surface area contributed by atoms with Crippen LogP contribution in [-0.2, 0) is 17.3 Å². The average Bonchev–Trinajstić information content (AvgIpc) is 2.62. The van der Waals surface area contributed by atoms with Gasteiger partial charge in [-0.3, -0.25) is 4.21 Å². The fraction of sp³-hybridized carbons (Fsp3) is 0.611. The van der Waals surface area contributed by atoms with Crippen molar-refractivity contribution in [3.05, 3.63) is 34.1 Å². The summed E-state index contributed by atoms with van der Waals surface area (Å²) < 4.78 is 26.8. The molecule has 148 valence electrons. The number of nitrogens with zero attached hydrogens (tertiary/aromatic N) is 1. The summed E-state index contributed by atoms with van der Waals surface area (Å²) in [5.74, 6) is 1.15. The molecule has 0 heterocycles. The van der Waals surface area contributed by atoms with Gasteiger partial charge in [0.2, 0.25) is 0 Å². The van der Waals surface area contributed by atoms with Crippen molar-refractivity contribution in [3.63, 3.8) is 0 Å². The molecule has 1 fully saturated rings. The van der Waals surface area contributed by atoms with Crippen LogP contribution in [-0.4, -0.2) is 33.8 Å². The lowest BCUT2D eigenvalue weighted by atomic mass is 9.95. The van der Waals surface area contributed by atoms with Crippen molar-refractivity contribution >= 4 is 56.7 Å². The van der Waals surface area contributed by atoms with Gasteiger partial charge in [-0.1, -0.05) is 29.3 Å². The topological polar surface area (TPSA) is 53.5 Å². The van der Waals surface area contributed by atoms with Crippen LogP contribution in [0.15, 0.2) is 27.7 Å². The van der Waals surface area contributed by atoms with Crippen LogP contribution in [0.4, 0.5) is 4.39 Å². The summed E-state index contributed by atoms with van der Waals surface area (Å²) in [6.45, 7) is 5.00. The quantitative estimate of drug-likeness (QED) is 0.310. The zero-order chi connectivity index (χ0) is 18.2. The molecule has 8 heteroatoms. The summed E-state index contributed by atoms with van der Waals surface area (Å²) in [7, 11) is -0.747. The summed E-state index contributed by atoms with van der Waals surface area (Å²) in [6, 6.07) is 5.14. The Morgan fingerprint density at radius 3 is 2.85 bits per heavy atom. The molecule has 3 unspecified atom stereocenters. The van der Waals surface area contributed by atoms with Crippen LogP contribution < -0.4 is 10.6 Å². The average molecular weight is 560 g/mol. The van der Waals surface area contributed by atoms with E-state index in [2.05, 4.69) is 31.6 Å². The smallest absolute Gasteiger partial charge is 0.191 e. The first-order chi connectivity index (χ1) is 12.0. The van der Waals surface area contributed by atoms with Crippen LogP contribution >= 0.6 is 39.9 Å². The molecule has 0 bridgehead atoms. The molecule has 0 saturated heterocycles. The van der Waals surface area contributed by atoms with Crippen molar-refractivity contribution in [2.24, 2.45) is 4.99 Å². The van der Waals surface area contributed by atoms with E-state index >= 15 is 0 Å². The Morgan fingerprint density at radius 1 is 1.38 bits per heavy atom. The van der Waals surface area contributed by atoms with E-state index in [-0.39, 0.29) is 47.6 Å². The van der Waals surface area contributed by atoms with Crippen LogP contribution in [0, 0.1) is 5.82 Å². The molecule has 2 rings (SSSR count). The van der Waals surface area contributed by atoms with Gasteiger partial charge in [-0.2, -0.15) is 0 Å². The molecule has 1 aliphatic carbocycles. The normalized spacial score (nSPS) is 21.6. The highest BCUT2D eigenvalue weighted by Crippen LogP contribution is 2.23. The Morgan fingerprint density at radius 2 is 2.15 bits per heavy atom. The molecule has 26 heavy (non-hydrogen) atoms. The highest BCUT2D eigenvalue weighted by molar-refractivity contribution is 14.0. The Labute approximate surface area is 183 Å². The van der Waals surface area contributed by atoms with Crippen LogP contribution in [0.2, 0.25) is 0 Å². The molecule has 1 aromatic rings. The highest BCUT2D eigenvalue weighted by atomic mass is 127. The number of rotatable bonds is 6. The third-order valence-corrected chi connectivity index (χ3v) is 6.62. The number of hydrogen-bond donors (Lipinski definition) is 2. The molecule has 0 aliphatic heterocycles. The summed E-state index contributed by atoms with van der Waals surface area (Å²) in [4.78, 5) is 4.53. The van der Waals surface area contributed by atoms with Crippen LogP contribution in [0.5, 0.6) is 0 Å². The van der Waals surface area contributed by atoms with Crippen LogP contribution in [0.25, 0.3) is 0 Å². The summed E-state index contributed by atoms with van der Waals surface area (Å²) in [5, 5.41) is 6.93. The zero-order valence-electron chi connectivity index (χ0n) is 15.3. The minimum absolute atomic E-state index is 0. The molecule has 0 amide bonds. The van der Waals surface area contributed by atoms with E-state index in [1.54, 1.807) is 12.1 Å². The van der Waals surface area contributed by atoms with Crippen molar-refractivity contribution in [1.29, 1.82) is 0 Å². The monoisotopic (exact) mass is 559 g/mol. The van der Waals surface area contributed by atoms with E-state index < -0.39 is 10.8 Å². The van der Waals surface area contributed by atoms with E-state index in [1.165, 1.54) is 6.07 Å². The van der Waals surface area contributed by atoms with Gasteiger partial charge >= 0.3 is 0 Å². The maximum Gasteiger partial charge on any atom is 0.191 e. The molecule has 1 aromatic carbocycles. The SMILES string of the molecule is CCNC(=NCc1cc(Br)ccc1F)NC1CCCC(S(=O)CC)C1.I. The molecule has 1 aliphatic rings.